The lowest BCUT2D eigenvalue weighted by Gasteiger charge is -2.13. The molecule has 8 nitrogen and oxygen atoms in total. The van der Waals surface area contributed by atoms with Crippen molar-refractivity contribution >= 4 is 17.8 Å². The summed E-state index contributed by atoms with van der Waals surface area (Å²) in [5.74, 6) is -3.02. The van der Waals surface area contributed by atoms with Gasteiger partial charge in [0.25, 0.3) is 5.91 Å². The van der Waals surface area contributed by atoms with Crippen molar-refractivity contribution in [2.75, 3.05) is 0 Å². The van der Waals surface area contributed by atoms with Crippen LogP contribution in [0.4, 0.5) is 5.88 Å². The van der Waals surface area contributed by atoms with Crippen molar-refractivity contribution in [3.05, 3.63) is 63.9 Å². The highest BCUT2D eigenvalue weighted by molar-refractivity contribution is 5.94. The molecule has 0 aliphatic rings. The number of nitrogens with one attached hydrogen (secondary N) is 1. The Bertz CT molecular complexity index is 679. The van der Waals surface area contributed by atoms with Gasteiger partial charge in [0.2, 0.25) is 0 Å². The number of carbonyl (C=O) groups excluding carboxylic acids is 1. The van der Waals surface area contributed by atoms with E-state index in [2.05, 4.69) is 5.32 Å². The molecule has 0 radical (unpaired) electrons. The number of aliphatic carboxylic acids is 1. The molecule has 0 aliphatic carbocycles. The third-order valence-electron chi connectivity index (χ3n) is 2.65. The molecule has 0 spiro atoms. The van der Waals surface area contributed by atoms with Gasteiger partial charge in [-0.1, -0.05) is 30.3 Å². The Morgan fingerprint density at radius 1 is 1.19 bits per heavy atom. The highest BCUT2D eigenvalue weighted by atomic mass is 16.6. The van der Waals surface area contributed by atoms with Crippen LogP contribution >= 0.6 is 0 Å². The minimum Gasteiger partial charge on any atom is -0.479 e. The lowest BCUT2D eigenvalue weighted by molar-refractivity contribution is -0.402. The zero-order chi connectivity index (χ0) is 15.4. The van der Waals surface area contributed by atoms with Gasteiger partial charge < -0.3 is 14.8 Å². The number of rotatable bonds is 5. The van der Waals surface area contributed by atoms with Crippen molar-refractivity contribution in [3.63, 3.8) is 0 Å². The van der Waals surface area contributed by atoms with Crippen LogP contribution in [0.3, 0.4) is 0 Å². The van der Waals surface area contributed by atoms with E-state index in [1.165, 1.54) is 0 Å². The van der Waals surface area contributed by atoms with Gasteiger partial charge in [-0.05, 0) is 11.6 Å². The quantitative estimate of drug-likeness (QED) is 0.638. The maximum absolute atomic E-state index is 11.9. The van der Waals surface area contributed by atoms with Crippen molar-refractivity contribution in [1.29, 1.82) is 0 Å². The van der Waals surface area contributed by atoms with Gasteiger partial charge in [0.15, 0.2) is 11.8 Å². The number of hydrogen-bond acceptors (Lipinski definition) is 5. The van der Waals surface area contributed by atoms with Gasteiger partial charge in [0, 0.05) is 0 Å². The Morgan fingerprint density at radius 2 is 1.86 bits per heavy atom. The topological polar surface area (TPSA) is 123 Å². The van der Waals surface area contributed by atoms with Gasteiger partial charge in [-0.2, -0.15) is 0 Å². The monoisotopic (exact) mass is 290 g/mol. The summed E-state index contributed by atoms with van der Waals surface area (Å²) in [4.78, 5) is 32.8. The van der Waals surface area contributed by atoms with Gasteiger partial charge in [0.1, 0.15) is 4.92 Å². The minimum atomic E-state index is -1.28. The molecule has 0 bridgehead atoms. The number of carboxylic acids is 1. The average molecular weight is 290 g/mol. The molecule has 2 aromatic rings. The fourth-order valence-electron chi connectivity index (χ4n) is 1.68. The van der Waals surface area contributed by atoms with Crippen molar-refractivity contribution in [2.24, 2.45) is 0 Å². The normalized spacial score (nSPS) is 11.6. The predicted molar refractivity (Wildman–Crippen MR) is 69.6 cm³/mol. The fraction of sp³-hybridized carbons (Fsp3) is 0.0769. The number of nitro groups is 1. The lowest BCUT2D eigenvalue weighted by Crippen LogP contribution is -2.33. The molecular formula is C13H10N2O6. The largest absolute Gasteiger partial charge is 0.479 e. The highest BCUT2D eigenvalue weighted by Gasteiger charge is 2.25. The first-order chi connectivity index (χ1) is 9.99. The van der Waals surface area contributed by atoms with Crippen LogP contribution in [0.2, 0.25) is 0 Å². The maximum Gasteiger partial charge on any atom is 0.433 e. The van der Waals surface area contributed by atoms with Gasteiger partial charge in [-0.3, -0.25) is 14.9 Å². The van der Waals surface area contributed by atoms with Gasteiger partial charge in [-0.15, -0.1) is 0 Å². The molecular weight excluding hydrogens is 280 g/mol. The predicted octanol–water partition coefficient (Wildman–Crippen LogP) is 1.74. The third kappa shape index (κ3) is 3.24. The van der Waals surface area contributed by atoms with Crippen LogP contribution in [0, 0.1) is 10.1 Å². The van der Waals surface area contributed by atoms with Gasteiger partial charge in [0.05, 0.1) is 6.07 Å². The molecule has 0 aliphatic heterocycles. The first kappa shape index (κ1) is 14.3. The van der Waals surface area contributed by atoms with Crippen LogP contribution in [0.15, 0.2) is 46.9 Å². The van der Waals surface area contributed by atoms with E-state index >= 15 is 0 Å². The minimum absolute atomic E-state index is 0.330. The highest BCUT2D eigenvalue weighted by Crippen LogP contribution is 2.18. The van der Waals surface area contributed by atoms with E-state index in [-0.39, 0.29) is 5.76 Å². The molecule has 2 rings (SSSR count). The number of carbonyl (C=O) groups is 2. The molecule has 1 heterocycles. The van der Waals surface area contributed by atoms with E-state index in [9.17, 15) is 19.7 Å². The Kier molecular flexibility index (Phi) is 3.98. The van der Waals surface area contributed by atoms with Crippen molar-refractivity contribution < 1.29 is 24.0 Å². The summed E-state index contributed by atoms with van der Waals surface area (Å²) in [6.45, 7) is 0. The van der Waals surface area contributed by atoms with Gasteiger partial charge in [-0.25, -0.2) is 4.79 Å². The van der Waals surface area contributed by atoms with E-state index in [1.54, 1.807) is 30.3 Å². The second kappa shape index (κ2) is 5.87. The van der Waals surface area contributed by atoms with Crippen molar-refractivity contribution in [2.45, 2.75) is 6.04 Å². The van der Waals surface area contributed by atoms with Crippen LogP contribution in [0.5, 0.6) is 0 Å². The molecule has 0 fully saturated rings. The summed E-state index contributed by atoms with van der Waals surface area (Å²) in [6, 6.07) is 8.92. The summed E-state index contributed by atoms with van der Waals surface area (Å²) in [5, 5.41) is 21.9. The van der Waals surface area contributed by atoms with Crippen LogP contribution < -0.4 is 5.32 Å². The van der Waals surface area contributed by atoms with E-state index < -0.39 is 28.7 Å². The Labute approximate surface area is 118 Å². The number of amides is 1. The van der Waals surface area contributed by atoms with E-state index in [1.807, 2.05) is 0 Å². The van der Waals surface area contributed by atoms with E-state index in [0.29, 0.717) is 5.56 Å². The summed E-state index contributed by atoms with van der Waals surface area (Å²) in [5.41, 5.74) is 0.374. The summed E-state index contributed by atoms with van der Waals surface area (Å²) < 4.78 is 4.72. The molecule has 1 amide bonds. The van der Waals surface area contributed by atoms with Gasteiger partial charge >= 0.3 is 11.9 Å². The molecule has 1 aromatic carbocycles. The molecule has 21 heavy (non-hydrogen) atoms. The first-order valence-electron chi connectivity index (χ1n) is 5.82. The summed E-state index contributed by atoms with van der Waals surface area (Å²) in [7, 11) is 0. The third-order valence-corrected chi connectivity index (χ3v) is 2.65. The molecule has 8 heteroatoms. The molecule has 0 saturated carbocycles. The maximum atomic E-state index is 11.9. The number of benzene rings is 1. The Balaban J connectivity index is 2.19. The zero-order valence-corrected chi connectivity index (χ0v) is 10.6. The first-order valence-corrected chi connectivity index (χ1v) is 5.82. The average Bonchev–Trinajstić information content (AvgIpc) is 2.95. The second-order valence-electron chi connectivity index (χ2n) is 4.05. The number of nitrogens with zero attached hydrogens (tertiary/aromatic N) is 1. The molecule has 2 N–H and O–H groups in total. The molecule has 1 aromatic heterocycles. The van der Waals surface area contributed by atoms with Crippen molar-refractivity contribution in [1.82, 2.24) is 5.32 Å². The smallest absolute Gasteiger partial charge is 0.433 e. The van der Waals surface area contributed by atoms with Crippen LogP contribution in [0.25, 0.3) is 0 Å². The fourth-order valence-corrected chi connectivity index (χ4v) is 1.68. The zero-order valence-electron chi connectivity index (χ0n) is 10.6. The van der Waals surface area contributed by atoms with E-state index in [0.717, 1.165) is 12.1 Å². The number of carboxylic acid groups (broad SMARTS) is 1. The second-order valence-corrected chi connectivity index (χ2v) is 4.05. The Hall–Kier alpha value is -3.16. The number of furan rings is 1. The van der Waals surface area contributed by atoms with E-state index in [4.69, 9.17) is 9.52 Å². The Morgan fingerprint density at radius 3 is 2.38 bits per heavy atom. The standard InChI is InChI=1S/C13H10N2O6/c16-12(9-6-7-10(21-9)15(19)20)14-11(13(17)18)8-4-2-1-3-5-8/h1-7,11H,(H,14,16)(H,17,18)/t11-/m1/s1. The SMILES string of the molecule is O=C(N[C@@H](C(=O)O)c1ccccc1)c1ccc([N+](=O)[O-])o1. The van der Waals surface area contributed by atoms with Crippen LogP contribution in [-0.4, -0.2) is 21.9 Å². The molecule has 0 saturated heterocycles. The number of hydrogen-bond donors (Lipinski definition) is 2. The van der Waals surface area contributed by atoms with Crippen molar-refractivity contribution in [3.8, 4) is 0 Å². The molecule has 0 unspecified atom stereocenters. The molecule has 1 atom stereocenters. The summed E-state index contributed by atoms with van der Waals surface area (Å²) in [6.07, 6.45) is 0. The lowest BCUT2D eigenvalue weighted by atomic mass is 10.1. The summed E-state index contributed by atoms with van der Waals surface area (Å²) >= 11 is 0. The van der Waals surface area contributed by atoms with Crippen LogP contribution in [-0.2, 0) is 4.79 Å². The van der Waals surface area contributed by atoms with Crippen LogP contribution in [0.1, 0.15) is 22.2 Å². The molecule has 108 valence electrons.